The van der Waals surface area contributed by atoms with E-state index in [0.29, 0.717) is 19.3 Å². The molecule has 0 saturated carbocycles. The lowest BCUT2D eigenvalue weighted by molar-refractivity contribution is -0.130. The van der Waals surface area contributed by atoms with E-state index >= 15 is 0 Å². The average molecular weight is 560 g/mol. The minimum Gasteiger partial charge on any atom is -0.445 e. The Hall–Kier alpha value is -4.17. The minimum absolute atomic E-state index is 0.0618. The molecule has 3 rings (SSSR count). The number of ether oxygens (including phenoxy) is 1. The van der Waals surface area contributed by atoms with Crippen LogP contribution < -0.4 is 16.0 Å². The third-order valence-electron chi connectivity index (χ3n) is 6.57. The van der Waals surface area contributed by atoms with E-state index in [9.17, 15) is 19.5 Å². The number of rotatable bonds is 15. The zero-order chi connectivity index (χ0) is 29.5. The van der Waals surface area contributed by atoms with Crippen molar-refractivity contribution in [2.24, 2.45) is 5.92 Å². The number of hydrogen-bond donors (Lipinski definition) is 4. The molecule has 3 aromatic carbocycles. The van der Waals surface area contributed by atoms with Gasteiger partial charge >= 0.3 is 6.09 Å². The summed E-state index contributed by atoms with van der Waals surface area (Å²) < 4.78 is 5.32. The summed E-state index contributed by atoms with van der Waals surface area (Å²) in [6.07, 6.45) is 0.355. The summed E-state index contributed by atoms with van der Waals surface area (Å²) in [6.45, 7) is 4.03. The molecule has 0 aliphatic heterocycles. The number of carbonyl (C=O) groups is 3. The maximum atomic E-state index is 13.4. The second kappa shape index (κ2) is 16.8. The van der Waals surface area contributed by atoms with Crippen LogP contribution in [0.5, 0.6) is 0 Å². The van der Waals surface area contributed by atoms with Gasteiger partial charge in [-0.15, -0.1) is 0 Å². The smallest absolute Gasteiger partial charge is 0.408 e. The fourth-order valence-corrected chi connectivity index (χ4v) is 4.36. The van der Waals surface area contributed by atoms with Crippen LogP contribution in [0.15, 0.2) is 91.0 Å². The number of aliphatic hydroxyl groups excluding tert-OH is 1. The molecule has 0 aliphatic rings. The van der Waals surface area contributed by atoms with Crippen molar-refractivity contribution in [3.05, 3.63) is 108 Å². The van der Waals surface area contributed by atoms with Crippen molar-refractivity contribution in [1.82, 2.24) is 16.0 Å². The highest BCUT2D eigenvalue weighted by Crippen LogP contribution is 2.10. The summed E-state index contributed by atoms with van der Waals surface area (Å²) in [4.78, 5) is 39.2. The number of nitrogens with one attached hydrogen (secondary N) is 3. The maximum absolute atomic E-state index is 13.4. The van der Waals surface area contributed by atoms with E-state index in [4.69, 9.17) is 4.74 Å². The second-order valence-corrected chi connectivity index (χ2v) is 10.6. The summed E-state index contributed by atoms with van der Waals surface area (Å²) in [5.74, 6) is -0.784. The SMILES string of the molecule is CC(C)C[C@H](NC(=O)OCc1ccccc1)C(=O)N[C@@H](Cc1ccccc1)C(=O)NCC(O)CCc1ccccc1. The van der Waals surface area contributed by atoms with Gasteiger partial charge in [-0.1, -0.05) is 105 Å². The standard InChI is InChI=1S/C33H41N3O5/c1-24(2)20-29(36-33(40)41-23-27-16-10-5-11-17-27)32(39)35-30(21-26-14-8-4-9-15-26)31(38)34-22-28(37)19-18-25-12-6-3-7-13-25/h3-17,24,28-30,37H,18-23H2,1-2H3,(H,34,38)(H,35,39)(H,36,40)/t28?,29-,30-/m0/s1. The zero-order valence-corrected chi connectivity index (χ0v) is 23.8. The first-order valence-electron chi connectivity index (χ1n) is 14.1. The Bertz CT molecular complexity index is 1210. The predicted octanol–water partition coefficient (Wildman–Crippen LogP) is 4.16. The molecule has 0 heterocycles. The monoisotopic (exact) mass is 559 g/mol. The molecule has 0 spiro atoms. The molecular weight excluding hydrogens is 518 g/mol. The number of alkyl carbamates (subject to hydrolysis) is 1. The molecule has 3 amide bonds. The minimum atomic E-state index is -0.900. The normalized spacial score (nSPS) is 13.1. The number of benzene rings is 3. The number of carbonyl (C=O) groups excluding carboxylic acids is 3. The lowest BCUT2D eigenvalue weighted by Gasteiger charge is -2.24. The fourth-order valence-electron chi connectivity index (χ4n) is 4.36. The molecule has 0 bridgehead atoms. The first-order chi connectivity index (χ1) is 19.8. The van der Waals surface area contributed by atoms with E-state index in [1.54, 1.807) is 0 Å². The fraction of sp³-hybridized carbons (Fsp3) is 0.364. The molecule has 0 aliphatic carbocycles. The Morgan fingerprint density at radius 1 is 0.732 bits per heavy atom. The number of aliphatic hydroxyl groups is 1. The summed E-state index contributed by atoms with van der Waals surface area (Å²) in [7, 11) is 0. The quantitative estimate of drug-likeness (QED) is 0.223. The molecule has 1 unspecified atom stereocenters. The van der Waals surface area contributed by atoms with Gasteiger partial charge in [-0.25, -0.2) is 4.79 Å². The van der Waals surface area contributed by atoms with Crippen molar-refractivity contribution in [2.45, 2.75) is 64.3 Å². The summed E-state index contributed by atoms with van der Waals surface area (Å²) in [5, 5.41) is 18.7. The van der Waals surface area contributed by atoms with Gasteiger partial charge in [-0.05, 0) is 41.9 Å². The first-order valence-corrected chi connectivity index (χ1v) is 14.1. The van der Waals surface area contributed by atoms with Crippen LogP contribution in [0.3, 0.4) is 0 Å². The molecule has 3 aromatic rings. The van der Waals surface area contributed by atoms with E-state index in [1.165, 1.54) is 0 Å². The van der Waals surface area contributed by atoms with Crippen LogP contribution >= 0.6 is 0 Å². The molecule has 3 atom stereocenters. The Kier molecular flexibility index (Phi) is 12.9. The average Bonchev–Trinajstić information content (AvgIpc) is 2.98. The topological polar surface area (TPSA) is 117 Å². The highest BCUT2D eigenvalue weighted by molar-refractivity contribution is 5.91. The van der Waals surface area contributed by atoms with Crippen LogP contribution in [-0.4, -0.2) is 47.7 Å². The van der Waals surface area contributed by atoms with Gasteiger partial charge in [0.2, 0.25) is 11.8 Å². The Balaban J connectivity index is 1.61. The molecule has 0 aromatic heterocycles. The molecular formula is C33H41N3O5. The largest absolute Gasteiger partial charge is 0.445 e. The van der Waals surface area contributed by atoms with Crippen LogP contribution in [0.2, 0.25) is 0 Å². The molecule has 0 fully saturated rings. The molecule has 218 valence electrons. The van der Waals surface area contributed by atoms with Crippen molar-refractivity contribution >= 4 is 17.9 Å². The van der Waals surface area contributed by atoms with Crippen molar-refractivity contribution in [3.63, 3.8) is 0 Å². The maximum Gasteiger partial charge on any atom is 0.408 e. The third-order valence-corrected chi connectivity index (χ3v) is 6.57. The lowest BCUT2D eigenvalue weighted by Crippen LogP contribution is -2.55. The summed E-state index contributed by atoms with van der Waals surface area (Å²) in [6, 6.07) is 26.7. The van der Waals surface area contributed by atoms with E-state index in [0.717, 1.165) is 16.7 Å². The van der Waals surface area contributed by atoms with Crippen LogP contribution in [0.4, 0.5) is 4.79 Å². The lowest BCUT2D eigenvalue weighted by atomic mass is 10.0. The highest BCUT2D eigenvalue weighted by Gasteiger charge is 2.28. The summed E-state index contributed by atoms with van der Waals surface area (Å²) >= 11 is 0. The van der Waals surface area contributed by atoms with E-state index in [-0.39, 0.29) is 25.5 Å². The number of amides is 3. The van der Waals surface area contributed by atoms with E-state index < -0.39 is 36.1 Å². The zero-order valence-electron chi connectivity index (χ0n) is 23.8. The molecule has 8 heteroatoms. The van der Waals surface area contributed by atoms with Gasteiger partial charge in [0, 0.05) is 13.0 Å². The van der Waals surface area contributed by atoms with Crippen LogP contribution in [0.1, 0.15) is 43.4 Å². The molecule has 0 radical (unpaired) electrons. The first kappa shape index (κ1) is 31.4. The Labute approximate surface area is 242 Å². The van der Waals surface area contributed by atoms with E-state index in [2.05, 4.69) is 16.0 Å². The van der Waals surface area contributed by atoms with Gasteiger partial charge in [0.1, 0.15) is 18.7 Å². The van der Waals surface area contributed by atoms with Crippen molar-refractivity contribution < 1.29 is 24.2 Å². The number of hydrogen-bond acceptors (Lipinski definition) is 5. The molecule has 0 saturated heterocycles. The summed E-state index contributed by atoms with van der Waals surface area (Å²) in [5.41, 5.74) is 2.81. The Morgan fingerprint density at radius 3 is 1.88 bits per heavy atom. The van der Waals surface area contributed by atoms with Crippen molar-refractivity contribution in [3.8, 4) is 0 Å². The Morgan fingerprint density at radius 2 is 1.29 bits per heavy atom. The third kappa shape index (κ3) is 11.8. The second-order valence-electron chi connectivity index (χ2n) is 10.6. The van der Waals surface area contributed by atoms with Crippen LogP contribution in [0, 0.1) is 5.92 Å². The van der Waals surface area contributed by atoms with Gasteiger partial charge in [0.05, 0.1) is 6.10 Å². The van der Waals surface area contributed by atoms with Crippen LogP contribution in [0.25, 0.3) is 0 Å². The van der Waals surface area contributed by atoms with Gasteiger partial charge in [-0.2, -0.15) is 0 Å². The van der Waals surface area contributed by atoms with Gasteiger partial charge < -0.3 is 25.8 Å². The van der Waals surface area contributed by atoms with Crippen molar-refractivity contribution in [2.75, 3.05) is 6.54 Å². The number of aryl methyl sites for hydroxylation is 1. The molecule has 4 N–H and O–H groups in total. The predicted molar refractivity (Wildman–Crippen MR) is 159 cm³/mol. The molecule has 8 nitrogen and oxygen atoms in total. The molecule has 41 heavy (non-hydrogen) atoms. The highest BCUT2D eigenvalue weighted by atomic mass is 16.5. The van der Waals surface area contributed by atoms with Gasteiger partial charge in [-0.3, -0.25) is 9.59 Å². The van der Waals surface area contributed by atoms with Crippen LogP contribution in [-0.2, 0) is 33.8 Å². The van der Waals surface area contributed by atoms with Gasteiger partial charge in [0.15, 0.2) is 0 Å². The van der Waals surface area contributed by atoms with Gasteiger partial charge in [0.25, 0.3) is 0 Å². The van der Waals surface area contributed by atoms with E-state index in [1.807, 2.05) is 105 Å². The van der Waals surface area contributed by atoms with Crippen molar-refractivity contribution in [1.29, 1.82) is 0 Å².